The maximum absolute atomic E-state index is 12.6. The number of benzene rings is 1. The van der Waals surface area contributed by atoms with E-state index in [-0.39, 0.29) is 0 Å². The van der Waals surface area contributed by atoms with Crippen LogP contribution in [0.1, 0.15) is 18.2 Å². The van der Waals surface area contributed by atoms with Crippen LogP contribution in [0.4, 0.5) is 18.9 Å². The summed E-state index contributed by atoms with van der Waals surface area (Å²) in [7, 11) is 0. The summed E-state index contributed by atoms with van der Waals surface area (Å²) in [5.41, 5.74) is 7.13. The van der Waals surface area contributed by atoms with Crippen LogP contribution in [-0.4, -0.2) is 22.9 Å². The Morgan fingerprint density at radius 3 is 2.43 bits per heavy atom. The van der Waals surface area contributed by atoms with Crippen LogP contribution in [0.3, 0.4) is 0 Å². The Labute approximate surface area is 120 Å². The highest BCUT2D eigenvalue weighted by atomic mass is 19.4. The molecule has 0 aliphatic carbocycles. The minimum Gasteiger partial charge on any atom is -0.381 e. The van der Waals surface area contributed by atoms with Crippen molar-refractivity contribution >= 4 is 5.69 Å². The Balaban J connectivity index is 2.31. The van der Waals surface area contributed by atoms with Crippen molar-refractivity contribution in [3.8, 4) is 5.69 Å². The molecule has 0 radical (unpaired) electrons. The molecule has 0 atom stereocenters. The van der Waals surface area contributed by atoms with Gasteiger partial charge in [-0.05, 0) is 30.7 Å². The topological polar surface area (TPSA) is 55.9 Å². The van der Waals surface area contributed by atoms with E-state index in [0.29, 0.717) is 25.2 Å². The minimum absolute atomic E-state index is 0.495. The predicted molar refractivity (Wildman–Crippen MR) is 75.5 cm³/mol. The zero-order valence-electron chi connectivity index (χ0n) is 11.6. The third kappa shape index (κ3) is 3.36. The molecule has 7 heteroatoms. The fraction of sp³-hybridized carbons (Fsp3) is 0.357. The summed E-state index contributed by atoms with van der Waals surface area (Å²) in [6.07, 6.45) is -1.97. The molecule has 2 rings (SSSR count). The SMILES string of the molecule is CCc1c(NCCN)cnn1-c1ccc(C(F)(F)F)cc1. The van der Waals surface area contributed by atoms with Gasteiger partial charge in [0.1, 0.15) is 0 Å². The second kappa shape index (κ2) is 6.17. The lowest BCUT2D eigenvalue weighted by Crippen LogP contribution is -2.14. The zero-order chi connectivity index (χ0) is 15.5. The number of hydrogen-bond acceptors (Lipinski definition) is 3. The first-order valence-corrected chi connectivity index (χ1v) is 6.65. The molecule has 0 amide bonds. The van der Waals surface area contributed by atoms with E-state index < -0.39 is 11.7 Å². The molecule has 1 aromatic heterocycles. The summed E-state index contributed by atoms with van der Waals surface area (Å²) in [5.74, 6) is 0. The normalized spacial score (nSPS) is 11.7. The minimum atomic E-state index is -4.33. The molecule has 0 aliphatic rings. The van der Waals surface area contributed by atoms with Gasteiger partial charge in [0.2, 0.25) is 0 Å². The quantitative estimate of drug-likeness (QED) is 0.892. The van der Waals surface area contributed by atoms with Gasteiger partial charge in [0, 0.05) is 13.1 Å². The van der Waals surface area contributed by atoms with Crippen LogP contribution in [0, 0.1) is 0 Å². The molecule has 0 aliphatic heterocycles. The Morgan fingerprint density at radius 2 is 1.90 bits per heavy atom. The molecule has 4 nitrogen and oxygen atoms in total. The Hall–Kier alpha value is -2.02. The number of hydrogen-bond donors (Lipinski definition) is 2. The van der Waals surface area contributed by atoms with Crippen molar-refractivity contribution in [2.45, 2.75) is 19.5 Å². The number of anilines is 1. The average molecular weight is 298 g/mol. The van der Waals surface area contributed by atoms with Crippen LogP contribution in [0.5, 0.6) is 0 Å². The molecular formula is C14H17F3N4. The van der Waals surface area contributed by atoms with E-state index in [1.807, 2.05) is 6.92 Å². The summed E-state index contributed by atoms with van der Waals surface area (Å²) in [6.45, 7) is 3.07. The summed E-state index contributed by atoms with van der Waals surface area (Å²) < 4.78 is 39.3. The molecule has 1 aromatic carbocycles. The second-order valence-electron chi connectivity index (χ2n) is 4.53. The van der Waals surface area contributed by atoms with Crippen LogP contribution in [0.15, 0.2) is 30.5 Å². The summed E-state index contributed by atoms with van der Waals surface area (Å²) in [5, 5.41) is 7.39. The first kappa shape index (κ1) is 15.4. The first-order valence-electron chi connectivity index (χ1n) is 6.65. The van der Waals surface area contributed by atoms with Crippen molar-refractivity contribution in [2.24, 2.45) is 5.73 Å². The molecule has 21 heavy (non-hydrogen) atoms. The van der Waals surface area contributed by atoms with Crippen LogP contribution in [-0.2, 0) is 12.6 Å². The zero-order valence-corrected chi connectivity index (χ0v) is 11.6. The second-order valence-corrected chi connectivity index (χ2v) is 4.53. The molecule has 0 spiro atoms. The number of nitrogens with one attached hydrogen (secondary N) is 1. The molecule has 2 aromatic rings. The third-order valence-corrected chi connectivity index (χ3v) is 3.10. The summed E-state index contributed by atoms with van der Waals surface area (Å²) >= 11 is 0. The molecule has 0 saturated carbocycles. The highest BCUT2D eigenvalue weighted by Crippen LogP contribution is 2.30. The fourth-order valence-corrected chi connectivity index (χ4v) is 2.08. The van der Waals surface area contributed by atoms with Crippen molar-refractivity contribution in [1.29, 1.82) is 0 Å². The van der Waals surface area contributed by atoms with E-state index in [1.54, 1.807) is 10.9 Å². The number of rotatable bonds is 5. The van der Waals surface area contributed by atoms with E-state index in [1.165, 1.54) is 12.1 Å². The van der Waals surface area contributed by atoms with Gasteiger partial charge in [-0.1, -0.05) is 6.92 Å². The van der Waals surface area contributed by atoms with Gasteiger partial charge >= 0.3 is 6.18 Å². The van der Waals surface area contributed by atoms with Gasteiger partial charge in [-0.25, -0.2) is 4.68 Å². The number of aromatic nitrogens is 2. The molecule has 3 N–H and O–H groups in total. The van der Waals surface area contributed by atoms with Gasteiger partial charge in [0.25, 0.3) is 0 Å². The monoisotopic (exact) mass is 298 g/mol. The van der Waals surface area contributed by atoms with Crippen molar-refractivity contribution in [1.82, 2.24) is 9.78 Å². The summed E-state index contributed by atoms with van der Waals surface area (Å²) in [6, 6.07) is 4.95. The Morgan fingerprint density at radius 1 is 1.24 bits per heavy atom. The number of nitrogens with zero attached hydrogens (tertiary/aromatic N) is 2. The third-order valence-electron chi connectivity index (χ3n) is 3.10. The number of alkyl halides is 3. The lowest BCUT2D eigenvalue weighted by Gasteiger charge is -2.11. The molecule has 0 bridgehead atoms. The lowest BCUT2D eigenvalue weighted by molar-refractivity contribution is -0.137. The molecular weight excluding hydrogens is 281 g/mol. The maximum atomic E-state index is 12.6. The van der Waals surface area contributed by atoms with E-state index in [4.69, 9.17) is 5.73 Å². The van der Waals surface area contributed by atoms with Gasteiger partial charge in [0.15, 0.2) is 0 Å². The fourth-order valence-electron chi connectivity index (χ4n) is 2.08. The van der Waals surface area contributed by atoms with Crippen molar-refractivity contribution in [3.05, 3.63) is 41.7 Å². The first-order chi connectivity index (χ1) is 9.97. The van der Waals surface area contributed by atoms with Crippen LogP contribution in [0.25, 0.3) is 5.69 Å². The van der Waals surface area contributed by atoms with Crippen LogP contribution >= 0.6 is 0 Å². The van der Waals surface area contributed by atoms with Gasteiger partial charge in [0.05, 0.1) is 28.8 Å². The molecule has 114 valence electrons. The van der Waals surface area contributed by atoms with E-state index in [2.05, 4.69) is 10.4 Å². The van der Waals surface area contributed by atoms with E-state index in [0.717, 1.165) is 23.5 Å². The maximum Gasteiger partial charge on any atom is 0.416 e. The summed E-state index contributed by atoms with van der Waals surface area (Å²) in [4.78, 5) is 0. The Kier molecular flexibility index (Phi) is 4.52. The van der Waals surface area contributed by atoms with E-state index in [9.17, 15) is 13.2 Å². The van der Waals surface area contributed by atoms with Crippen molar-refractivity contribution in [2.75, 3.05) is 18.4 Å². The van der Waals surface area contributed by atoms with Crippen LogP contribution < -0.4 is 11.1 Å². The lowest BCUT2D eigenvalue weighted by atomic mass is 10.2. The number of halogens is 3. The van der Waals surface area contributed by atoms with Crippen LogP contribution in [0.2, 0.25) is 0 Å². The van der Waals surface area contributed by atoms with Gasteiger partial charge in [-0.3, -0.25) is 0 Å². The van der Waals surface area contributed by atoms with Crippen molar-refractivity contribution < 1.29 is 13.2 Å². The standard InChI is InChI=1S/C14H17F3N4/c1-2-13-12(19-8-7-18)9-20-21(13)11-5-3-10(4-6-11)14(15,16)17/h3-6,9,19H,2,7-8,18H2,1H3. The molecule has 0 unspecified atom stereocenters. The highest BCUT2D eigenvalue weighted by Gasteiger charge is 2.30. The van der Waals surface area contributed by atoms with E-state index >= 15 is 0 Å². The number of nitrogens with two attached hydrogens (primary N) is 1. The van der Waals surface area contributed by atoms with Gasteiger partial charge < -0.3 is 11.1 Å². The molecule has 0 fully saturated rings. The highest BCUT2D eigenvalue weighted by molar-refractivity contribution is 5.50. The molecule has 0 saturated heterocycles. The Bertz CT molecular complexity index is 587. The average Bonchev–Trinajstić information content (AvgIpc) is 2.87. The van der Waals surface area contributed by atoms with Gasteiger partial charge in [-0.2, -0.15) is 18.3 Å². The van der Waals surface area contributed by atoms with Crippen molar-refractivity contribution in [3.63, 3.8) is 0 Å². The van der Waals surface area contributed by atoms with Gasteiger partial charge in [-0.15, -0.1) is 0 Å². The smallest absolute Gasteiger partial charge is 0.381 e. The molecule has 1 heterocycles. The predicted octanol–water partition coefficient (Wildman–Crippen LogP) is 2.82. The largest absolute Gasteiger partial charge is 0.416 e.